The van der Waals surface area contributed by atoms with E-state index in [2.05, 4.69) is 0 Å². The van der Waals surface area contributed by atoms with Gasteiger partial charge in [-0.05, 0) is 0 Å². The summed E-state index contributed by atoms with van der Waals surface area (Å²) in [7, 11) is 0. The minimum Gasteiger partial charge on any atom is -0.204 e. The lowest BCUT2D eigenvalue weighted by Crippen LogP contribution is -2.40. The van der Waals surface area contributed by atoms with Gasteiger partial charge in [0.1, 0.15) is 0 Å². The van der Waals surface area contributed by atoms with Crippen molar-refractivity contribution in [1.82, 2.24) is 0 Å². The zero-order valence-electron chi connectivity index (χ0n) is 6.09. The first-order valence-corrected chi connectivity index (χ1v) is 2.85. The van der Waals surface area contributed by atoms with Gasteiger partial charge in [-0.3, -0.25) is 0 Å². The van der Waals surface area contributed by atoms with Gasteiger partial charge in [-0.25, -0.2) is 8.78 Å². The second kappa shape index (κ2) is 2.40. The summed E-state index contributed by atoms with van der Waals surface area (Å²) >= 11 is 0. The molecule has 0 radical (unpaired) electrons. The van der Waals surface area contributed by atoms with Crippen molar-refractivity contribution in [3.05, 3.63) is 0 Å². The zero-order valence-corrected chi connectivity index (χ0v) is 6.09. The minimum atomic E-state index is -3.90. The molecule has 0 aromatic rings. The standard InChI is InChI=1S/C6H10F4/c1-5(2,3)6(9,10)4(7)8/h4H,1-3H3. The predicted octanol–water partition coefficient (Wildman–Crippen LogP) is 2.93. The fraction of sp³-hybridized carbons (Fsp3) is 1.00. The highest BCUT2D eigenvalue weighted by atomic mass is 19.3. The predicted molar refractivity (Wildman–Crippen MR) is 30.4 cm³/mol. The van der Waals surface area contributed by atoms with Gasteiger partial charge < -0.3 is 0 Å². The molecular weight excluding hydrogens is 148 g/mol. The summed E-state index contributed by atoms with van der Waals surface area (Å²) in [6, 6.07) is 0. The van der Waals surface area contributed by atoms with Gasteiger partial charge in [0.05, 0.1) is 0 Å². The van der Waals surface area contributed by atoms with Crippen LogP contribution < -0.4 is 0 Å². The van der Waals surface area contributed by atoms with Crippen LogP contribution in [0.4, 0.5) is 17.6 Å². The van der Waals surface area contributed by atoms with Crippen LogP contribution in [0.5, 0.6) is 0 Å². The van der Waals surface area contributed by atoms with Gasteiger partial charge in [-0.2, -0.15) is 8.78 Å². The molecule has 0 nitrogen and oxygen atoms in total. The Labute approximate surface area is 57.2 Å². The van der Waals surface area contributed by atoms with Gasteiger partial charge in [0, 0.05) is 5.41 Å². The first-order valence-electron chi connectivity index (χ1n) is 2.85. The Morgan fingerprint density at radius 2 is 1.30 bits per heavy atom. The lowest BCUT2D eigenvalue weighted by atomic mass is 9.88. The Kier molecular flexibility index (Phi) is 2.33. The topological polar surface area (TPSA) is 0 Å². The van der Waals surface area contributed by atoms with Crippen LogP contribution in [0, 0.1) is 5.41 Å². The van der Waals surface area contributed by atoms with Crippen LogP contribution in [0.25, 0.3) is 0 Å². The highest BCUT2D eigenvalue weighted by molar-refractivity contribution is 4.83. The minimum absolute atomic E-state index is 1.08. The lowest BCUT2D eigenvalue weighted by Gasteiger charge is -2.29. The van der Waals surface area contributed by atoms with E-state index in [-0.39, 0.29) is 0 Å². The van der Waals surface area contributed by atoms with Gasteiger partial charge in [-0.1, -0.05) is 20.8 Å². The Hall–Kier alpha value is -0.280. The number of alkyl halides is 4. The van der Waals surface area contributed by atoms with E-state index < -0.39 is 17.8 Å². The second-order valence-electron chi connectivity index (χ2n) is 3.17. The second-order valence-corrected chi connectivity index (χ2v) is 3.17. The molecule has 0 amide bonds. The van der Waals surface area contributed by atoms with Crippen LogP contribution in [0.15, 0.2) is 0 Å². The van der Waals surface area contributed by atoms with Crippen LogP contribution in [-0.2, 0) is 0 Å². The Bertz CT molecular complexity index is 111. The molecule has 0 aliphatic heterocycles. The molecule has 0 aromatic carbocycles. The molecule has 0 fully saturated rings. The summed E-state index contributed by atoms with van der Waals surface area (Å²) in [6.07, 6.45) is -3.58. The number of hydrogen-bond acceptors (Lipinski definition) is 0. The summed E-state index contributed by atoms with van der Waals surface area (Å²) in [6.45, 7) is 3.25. The summed E-state index contributed by atoms with van der Waals surface area (Å²) < 4.78 is 47.7. The van der Waals surface area contributed by atoms with Gasteiger partial charge in [-0.15, -0.1) is 0 Å². The van der Waals surface area contributed by atoms with Crippen molar-refractivity contribution in [2.75, 3.05) is 0 Å². The fourth-order valence-corrected chi connectivity index (χ4v) is 0.327. The molecule has 0 bridgehead atoms. The van der Waals surface area contributed by atoms with Gasteiger partial charge in [0.2, 0.25) is 0 Å². The van der Waals surface area contributed by atoms with E-state index >= 15 is 0 Å². The monoisotopic (exact) mass is 158 g/mol. The van der Waals surface area contributed by atoms with E-state index in [1.807, 2.05) is 0 Å². The molecular formula is C6H10F4. The molecule has 0 rings (SSSR count). The summed E-state index contributed by atoms with van der Waals surface area (Å²) in [4.78, 5) is 0. The largest absolute Gasteiger partial charge is 0.312 e. The molecule has 0 aliphatic carbocycles. The van der Waals surface area contributed by atoms with Gasteiger partial charge >= 0.3 is 12.3 Å². The SMILES string of the molecule is CC(C)(C)C(F)(F)C(F)F. The van der Waals surface area contributed by atoms with Crippen LogP contribution in [-0.4, -0.2) is 12.3 Å². The molecule has 0 aliphatic rings. The molecule has 0 aromatic heterocycles. The molecule has 4 heteroatoms. The summed E-state index contributed by atoms with van der Waals surface area (Å²) in [5.41, 5.74) is -1.67. The van der Waals surface area contributed by atoms with Crippen LogP contribution >= 0.6 is 0 Å². The summed E-state index contributed by atoms with van der Waals surface area (Å²) in [5, 5.41) is 0. The molecule has 0 N–H and O–H groups in total. The van der Waals surface area contributed by atoms with Crippen molar-refractivity contribution < 1.29 is 17.6 Å². The van der Waals surface area contributed by atoms with E-state index in [9.17, 15) is 17.6 Å². The van der Waals surface area contributed by atoms with Crippen molar-refractivity contribution in [3.8, 4) is 0 Å². The first kappa shape index (κ1) is 9.72. The average Bonchev–Trinajstić information content (AvgIpc) is 1.62. The smallest absolute Gasteiger partial charge is 0.204 e. The fourth-order valence-electron chi connectivity index (χ4n) is 0.327. The quantitative estimate of drug-likeness (QED) is 0.514. The summed E-state index contributed by atoms with van der Waals surface area (Å²) in [5.74, 6) is -3.90. The molecule has 0 saturated carbocycles. The number of rotatable bonds is 1. The van der Waals surface area contributed by atoms with E-state index in [1.165, 1.54) is 0 Å². The van der Waals surface area contributed by atoms with Crippen molar-refractivity contribution in [1.29, 1.82) is 0 Å². The van der Waals surface area contributed by atoms with Crippen LogP contribution in [0.3, 0.4) is 0 Å². The van der Waals surface area contributed by atoms with Crippen molar-refractivity contribution in [2.24, 2.45) is 5.41 Å². The number of hydrogen-bond donors (Lipinski definition) is 0. The van der Waals surface area contributed by atoms with Crippen molar-refractivity contribution in [3.63, 3.8) is 0 Å². The highest BCUT2D eigenvalue weighted by Gasteiger charge is 2.51. The molecule has 0 atom stereocenters. The van der Waals surface area contributed by atoms with E-state index in [0.717, 1.165) is 20.8 Å². The third-order valence-electron chi connectivity index (χ3n) is 1.27. The van der Waals surface area contributed by atoms with Crippen molar-refractivity contribution >= 4 is 0 Å². The van der Waals surface area contributed by atoms with Crippen LogP contribution in [0.1, 0.15) is 20.8 Å². The van der Waals surface area contributed by atoms with E-state index in [4.69, 9.17) is 0 Å². The van der Waals surface area contributed by atoms with E-state index in [1.54, 1.807) is 0 Å². The molecule has 0 heterocycles. The molecule has 62 valence electrons. The maximum absolute atomic E-state index is 12.3. The maximum atomic E-state index is 12.3. The van der Waals surface area contributed by atoms with Crippen molar-refractivity contribution in [2.45, 2.75) is 33.1 Å². The first-order chi connectivity index (χ1) is 4.19. The third kappa shape index (κ3) is 1.61. The average molecular weight is 158 g/mol. The van der Waals surface area contributed by atoms with Crippen LogP contribution in [0.2, 0.25) is 0 Å². The Balaban J connectivity index is 4.40. The Morgan fingerprint density at radius 3 is 1.30 bits per heavy atom. The lowest BCUT2D eigenvalue weighted by molar-refractivity contribution is -0.191. The molecule has 0 unspecified atom stereocenters. The molecule has 10 heavy (non-hydrogen) atoms. The van der Waals surface area contributed by atoms with Gasteiger partial charge in [0.15, 0.2) is 0 Å². The molecule has 0 saturated heterocycles. The highest BCUT2D eigenvalue weighted by Crippen LogP contribution is 2.40. The normalized spacial score (nSPS) is 14.4. The third-order valence-corrected chi connectivity index (χ3v) is 1.27. The Morgan fingerprint density at radius 1 is 1.00 bits per heavy atom. The van der Waals surface area contributed by atoms with Gasteiger partial charge in [0.25, 0.3) is 0 Å². The van der Waals surface area contributed by atoms with E-state index in [0.29, 0.717) is 0 Å². The molecule has 0 spiro atoms. The maximum Gasteiger partial charge on any atom is 0.312 e. The zero-order chi connectivity index (χ0) is 8.58. The number of halogens is 4.